The minimum atomic E-state index is -0.878. The highest BCUT2D eigenvalue weighted by Gasteiger charge is 2.14. The summed E-state index contributed by atoms with van der Waals surface area (Å²) in [5.41, 5.74) is 2.02. The number of nitrogens with zero attached hydrogens (tertiary/aromatic N) is 1. The maximum atomic E-state index is 11.7. The summed E-state index contributed by atoms with van der Waals surface area (Å²) < 4.78 is 10.8. The molecule has 1 amide bonds. The van der Waals surface area contributed by atoms with Crippen molar-refractivity contribution in [3.05, 3.63) is 17.0 Å². The summed E-state index contributed by atoms with van der Waals surface area (Å²) in [6.45, 7) is 4.00. The smallest absolute Gasteiger partial charge is 0.255 e. The van der Waals surface area contributed by atoms with Crippen LogP contribution in [0.3, 0.4) is 0 Å². The molecule has 1 aromatic rings. The summed E-state index contributed by atoms with van der Waals surface area (Å²) in [6.07, 6.45) is 1.61. The lowest BCUT2D eigenvalue weighted by Gasteiger charge is -2.03. The number of hydrogen-bond acceptors (Lipinski definition) is 3. The molecule has 0 aromatic carbocycles. The van der Waals surface area contributed by atoms with Gasteiger partial charge in [0.1, 0.15) is 0 Å². The van der Waals surface area contributed by atoms with Gasteiger partial charge in [-0.3, -0.25) is 14.1 Å². The van der Waals surface area contributed by atoms with Gasteiger partial charge in [-0.1, -0.05) is 0 Å². The number of aryl methyl sites for hydroxylation is 2. The highest BCUT2D eigenvalue weighted by atomic mass is 32.2. The Bertz CT molecular complexity index is 367. The average Bonchev–Trinajstić information content (AvgIpc) is 2.45. The molecule has 1 heterocycles. The van der Waals surface area contributed by atoms with Crippen molar-refractivity contribution in [2.75, 3.05) is 18.6 Å². The molecule has 0 fully saturated rings. The number of hydrogen-bond donors (Lipinski definition) is 2. The number of H-pyrrole nitrogens is 1. The molecule has 0 aliphatic heterocycles. The summed E-state index contributed by atoms with van der Waals surface area (Å²) in [6, 6.07) is 0. The zero-order valence-corrected chi connectivity index (χ0v) is 9.90. The van der Waals surface area contributed by atoms with Gasteiger partial charge in [0, 0.05) is 35.0 Å². The van der Waals surface area contributed by atoms with Gasteiger partial charge in [-0.15, -0.1) is 0 Å². The van der Waals surface area contributed by atoms with E-state index in [-0.39, 0.29) is 5.91 Å². The SMILES string of the molecule is Cc1n[nH]c(C)c1C(=O)NCCS(C)=O. The first-order valence-electron chi connectivity index (χ1n) is 4.62. The first-order chi connectivity index (χ1) is 7.02. The van der Waals surface area contributed by atoms with E-state index in [0.717, 1.165) is 5.69 Å². The van der Waals surface area contributed by atoms with Crippen LogP contribution in [0.25, 0.3) is 0 Å². The number of aromatic nitrogens is 2. The van der Waals surface area contributed by atoms with Crippen LogP contribution < -0.4 is 5.32 Å². The number of amides is 1. The van der Waals surface area contributed by atoms with E-state index < -0.39 is 10.8 Å². The van der Waals surface area contributed by atoms with Gasteiger partial charge in [-0.25, -0.2) is 0 Å². The van der Waals surface area contributed by atoms with Gasteiger partial charge in [0.15, 0.2) is 0 Å². The lowest BCUT2D eigenvalue weighted by molar-refractivity contribution is 0.0955. The summed E-state index contributed by atoms with van der Waals surface area (Å²) in [5, 5.41) is 9.39. The van der Waals surface area contributed by atoms with E-state index in [0.29, 0.717) is 23.6 Å². The minimum absolute atomic E-state index is 0.163. The molecule has 0 aliphatic rings. The molecule has 84 valence electrons. The highest BCUT2D eigenvalue weighted by molar-refractivity contribution is 7.84. The Morgan fingerprint density at radius 2 is 2.20 bits per heavy atom. The molecule has 0 bridgehead atoms. The Hall–Kier alpha value is -1.17. The van der Waals surface area contributed by atoms with Crippen LogP contribution in [-0.2, 0) is 10.8 Å². The zero-order chi connectivity index (χ0) is 11.4. The van der Waals surface area contributed by atoms with E-state index in [2.05, 4.69) is 15.5 Å². The van der Waals surface area contributed by atoms with Crippen molar-refractivity contribution in [3.63, 3.8) is 0 Å². The van der Waals surface area contributed by atoms with Gasteiger partial charge in [0.25, 0.3) is 5.91 Å². The van der Waals surface area contributed by atoms with Gasteiger partial charge >= 0.3 is 0 Å². The third kappa shape index (κ3) is 3.16. The van der Waals surface area contributed by atoms with Crippen LogP contribution in [0.4, 0.5) is 0 Å². The molecule has 0 saturated heterocycles. The first kappa shape index (κ1) is 11.9. The fourth-order valence-electron chi connectivity index (χ4n) is 1.28. The molecule has 0 radical (unpaired) electrons. The molecule has 1 unspecified atom stereocenters. The second kappa shape index (κ2) is 5.06. The summed E-state index contributed by atoms with van der Waals surface area (Å²) in [7, 11) is -0.878. The monoisotopic (exact) mass is 229 g/mol. The van der Waals surface area contributed by atoms with Gasteiger partial charge in [-0.05, 0) is 13.8 Å². The Labute approximate surface area is 91.1 Å². The van der Waals surface area contributed by atoms with E-state index in [9.17, 15) is 9.00 Å². The predicted octanol–water partition coefficient (Wildman–Crippen LogP) is 0.135. The number of carbonyl (C=O) groups is 1. The van der Waals surface area contributed by atoms with Crippen molar-refractivity contribution in [1.82, 2.24) is 15.5 Å². The standard InChI is InChI=1S/C9H15N3O2S/c1-6-8(7(2)12-11-6)9(13)10-4-5-15(3)14/h4-5H2,1-3H3,(H,10,13)(H,11,12). The third-order valence-electron chi connectivity index (χ3n) is 2.03. The van der Waals surface area contributed by atoms with Crippen molar-refractivity contribution in [2.24, 2.45) is 0 Å². The molecular formula is C9H15N3O2S. The summed E-state index contributed by atoms with van der Waals surface area (Å²) >= 11 is 0. The van der Waals surface area contributed by atoms with Crippen molar-refractivity contribution >= 4 is 16.7 Å². The quantitative estimate of drug-likeness (QED) is 0.771. The summed E-state index contributed by atoms with van der Waals surface area (Å²) in [4.78, 5) is 11.7. The van der Waals surface area contributed by atoms with Gasteiger partial charge in [0.05, 0.1) is 11.3 Å². The number of rotatable bonds is 4. The van der Waals surface area contributed by atoms with Gasteiger partial charge in [-0.2, -0.15) is 5.10 Å². The Balaban J connectivity index is 2.58. The van der Waals surface area contributed by atoms with Crippen molar-refractivity contribution in [3.8, 4) is 0 Å². The second-order valence-electron chi connectivity index (χ2n) is 3.34. The lowest BCUT2D eigenvalue weighted by Crippen LogP contribution is -2.28. The first-order valence-corrected chi connectivity index (χ1v) is 6.35. The number of nitrogens with one attached hydrogen (secondary N) is 2. The molecule has 1 aromatic heterocycles. The highest BCUT2D eigenvalue weighted by Crippen LogP contribution is 2.08. The molecule has 1 rings (SSSR count). The van der Waals surface area contributed by atoms with Crippen LogP contribution in [0.2, 0.25) is 0 Å². The third-order valence-corrected chi connectivity index (χ3v) is 2.81. The second-order valence-corrected chi connectivity index (χ2v) is 4.90. The molecular weight excluding hydrogens is 214 g/mol. The van der Waals surface area contributed by atoms with E-state index in [4.69, 9.17) is 0 Å². The molecule has 6 heteroatoms. The Morgan fingerprint density at radius 3 is 2.67 bits per heavy atom. The van der Waals surface area contributed by atoms with Gasteiger partial charge in [0.2, 0.25) is 0 Å². The molecule has 15 heavy (non-hydrogen) atoms. The van der Waals surface area contributed by atoms with Crippen LogP contribution in [0.1, 0.15) is 21.7 Å². The fraction of sp³-hybridized carbons (Fsp3) is 0.556. The van der Waals surface area contributed by atoms with Crippen LogP contribution in [-0.4, -0.2) is 38.9 Å². The molecule has 1 atom stereocenters. The van der Waals surface area contributed by atoms with E-state index >= 15 is 0 Å². The van der Waals surface area contributed by atoms with Crippen LogP contribution >= 0.6 is 0 Å². The van der Waals surface area contributed by atoms with Gasteiger partial charge < -0.3 is 5.32 Å². The number of carbonyl (C=O) groups excluding carboxylic acids is 1. The van der Waals surface area contributed by atoms with E-state index in [1.54, 1.807) is 20.1 Å². The van der Waals surface area contributed by atoms with Crippen LogP contribution in [0.15, 0.2) is 0 Å². The maximum Gasteiger partial charge on any atom is 0.255 e. The Morgan fingerprint density at radius 1 is 1.53 bits per heavy atom. The number of aromatic amines is 1. The maximum absolute atomic E-state index is 11.7. The fourth-order valence-corrected chi connectivity index (χ4v) is 1.67. The topological polar surface area (TPSA) is 74.8 Å². The van der Waals surface area contributed by atoms with E-state index in [1.165, 1.54) is 0 Å². The molecule has 0 saturated carbocycles. The lowest BCUT2D eigenvalue weighted by atomic mass is 10.2. The van der Waals surface area contributed by atoms with Crippen molar-refractivity contribution in [2.45, 2.75) is 13.8 Å². The van der Waals surface area contributed by atoms with Crippen molar-refractivity contribution < 1.29 is 9.00 Å². The normalized spacial score (nSPS) is 12.5. The molecule has 0 aliphatic carbocycles. The molecule has 5 nitrogen and oxygen atoms in total. The van der Waals surface area contributed by atoms with Crippen LogP contribution in [0, 0.1) is 13.8 Å². The molecule has 0 spiro atoms. The van der Waals surface area contributed by atoms with Crippen LogP contribution in [0.5, 0.6) is 0 Å². The average molecular weight is 229 g/mol. The summed E-state index contributed by atoms with van der Waals surface area (Å²) in [5.74, 6) is 0.311. The molecule has 2 N–H and O–H groups in total. The zero-order valence-electron chi connectivity index (χ0n) is 9.09. The largest absolute Gasteiger partial charge is 0.351 e. The minimum Gasteiger partial charge on any atom is -0.351 e. The predicted molar refractivity (Wildman–Crippen MR) is 59.3 cm³/mol. The Kier molecular flexibility index (Phi) is 4.02. The van der Waals surface area contributed by atoms with E-state index in [1.807, 2.05) is 0 Å². The van der Waals surface area contributed by atoms with Crippen molar-refractivity contribution in [1.29, 1.82) is 0 Å².